The molecule has 1 fully saturated rings. The molecule has 0 aromatic carbocycles. The summed E-state index contributed by atoms with van der Waals surface area (Å²) in [7, 11) is 0. The molecule has 1 rings (SSSR count). The molecule has 0 saturated heterocycles. The van der Waals surface area contributed by atoms with Crippen molar-refractivity contribution >= 4 is 11.7 Å². The summed E-state index contributed by atoms with van der Waals surface area (Å²) in [5.41, 5.74) is 0.876. The highest BCUT2D eigenvalue weighted by molar-refractivity contribution is 5.88. The average Bonchev–Trinajstić information content (AvgIpc) is 2.98. The second kappa shape index (κ2) is 12.9. The summed E-state index contributed by atoms with van der Waals surface area (Å²) in [6, 6.07) is 0. The molecule has 0 amide bonds. The van der Waals surface area contributed by atoms with Crippen molar-refractivity contribution < 1.29 is 20.2 Å². The number of hydrogen-bond acceptors (Lipinski definition) is 4. The number of carboxylic acid groups (broad SMARTS) is 1. The topological polar surface area (TPSA) is 90.1 Å². The fraction of sp³-hybridized carbons (Fsp3) is 0.800. The standard InChI is InChI=1S/C20H35NO4/c1-2-3-6-9-17(22)14-12-16-13-15-19(21-25)18(16)10-7-4-5-8-11-20(23)24/h12,14,16-18,22,25H,2-11,13,15H2,1H3,(H,23,24)/b14-12+,21-19-/t16-,17+,18+/m1/s1. The molecular formula is C20H35NO4. The third-order valence-electron chi connectivity index (χ3n) is 5.15. The van der Waals surface area contributed by atoms with Gasteiger partial charge in [0, 0.05) is 12.3 Å². The Morgan fingerprint density at radius 3 is 2.68 bits per heavy atom. The highest BCUT2D eigenvalue weighted by Crippen LogP contribution is 2.34. The zero-order valence-electron chi connectivity index (χ0n) is 15.6. The van der Waals surface area contributed by atoms with Crippen molar-refractivity contribution in [3.63, 3.8) is 0 Å². The molecule has 0 bridgehead atoms. The Bertz CT molecular complexity index is 433. The molecule has 0 spiro atoms. The third kappa shape index (κ3) is 9.05. The minimum absolute atomic E-state index is 0.244. The van der Waals surface area contributed by atoms with Crippen LogP contribution in [0.3, 0.4) is 0 Å². The van der Waals surface area contributed by atoms with Crippen LogP contribution in [-0.2, 0) is 4.79 Å². The van der Waals surface area contributed by atoms with E-state index in [4.69, 9.17) is 5.11 Å². The van der Waals surface area contributed by atoms with Gasteiger partial charge in [0.05, 0.1) is 11.8 Å². The molecule has 144 valence electrons. The molecule has 0 aromatic rings. The normalized spacial score (nSPS) is 23.5. The molecule has 25 heavy (non-hydrogen) atoms. The lowest BCUT2D eigenvalue weighted by Gasteiger charge is -2.17. The Balaban J connectivity index is 2.38. The Kier molecular flexibility index (Phi) is 11.2. The minimum Gasteiger partial charge on any atom is -0.481 e. The molecule has 0 radical (unpaired) electrons. The van der Waals surface area contributed by atoms with Gasteiger partial charge in [-0.15, -0.1) is 0 Å². The molecule has 0 aromatic heterocycles. The van der Waals surface area contributed by atoms with Gasteiger partial charge >= 0.3 is 5.97 Å². The second-order valence-electron chi connectivity index (χ2n) is 7.20. The summed E-state index contributed by atoms with van der Waals surface area (Å²) in [4.78, 5) is 10.5. The SMILES string of the molecule is CCCCC[C@H](O)/C=C/[C@@H]1CC/C(=N/O)[C@H]1CCCCCCC(=O)O. The van der Waals surface area contributed by atoms with Crippen LogP contribution in [0.15, 0.2) is 17.3 Å². The first-order chi connectivity index (χ1) is 12.1. The number of allylic oxidation sites excluding steroid dienone is 1. The predicted octanol–water partition coefficient (Wildman–Crippen LogP) is 4.77. The van der Waals surface area contributed by atoms with Crippen molar-refractivity contribution in [2.45, 2.75) is 90.1 Å². The van der Waals surface area contributed by atoms with Crippen LogP contribution in [0.1, 0.15) is 84.0 Å². The molecule has 5 heteroatoms. The Morgan fingerprint density at radius 1 is 1.24 bits per heavy atom. The third-order valence-corrected chi connectivity index (χ3v) is 5.15. The van der Waals surface area contributed by atoms with Gasteiger partial charge in [-0.3, -0.25) is 4.79 Å². The monoisotopic (exact) mass is 353 g/mol. The van der Waals surface area contributed by atoms with Gasteiger partial charge in [-0.25, -0.2) is 0 Å². The number of nitrogens with zero attached hydrogens (tertiary/aromatic N) is 1. The summed E-state index contributed by atoms with van der Waals surface area (Å²) in [6.07, 6.45) is 14.5. The molecule has 0 aliphatic heterocycles. The summed E-state index contributed by atoms with van der Waals surface area (Å²) in [5.74, 6) is -0.137. The minimum atomic E-state index is -0.729. The molecule has 1 aliphatic carbocycles. The zero-order valence-corrected chi connectivity index (χ0v) is 15.6. The van der Waals surface area contributed by atoms with Gasteiger partial charge in [0.25, 0.3) is 0 Å². The number of hydrogen-bond donors (Lipinski definition) is 3. The van der Waals surface area contributed by atoms with E-state index in [2.05, 4.69) is 18.2 Å². The van der Waals surface area contributed by atoms with Crippen LogP contribution in [0.4, 0.5) is 0 Å². The van der Waals surface area contributed by atoms with E-state index < -0.39 is 5.97 Å². The number of aliphatic carboxylic acids is 1. The predicted molar refractivity (Wildman–Crippen MR) is 100 cm³/mol. The number of unbranched alkanes of at least 4 members (excludes halogenated alkanes) is 5. The summed E-state index contributed by atoms with van der Waals surface area (Å²) >= 11 is 0. The van der Waals surface area contributed by atoms with E-state index >= 15 is 0 Å². The smallest absolute Gasteiger partial charge is 0.303 e. The molecule has 1 saturated carbocycles. The van der Waals surface area contributed by atoms with Crippen LogP contribution in [0.5, 0.6) is 0 Å². The van der Waals surface area contributed by atoms with Crippen molar-refractivity contribution in [2.75, 3.05) is 0 Å². The van der Waals surface area contributed by atoms with Crippen LogP contribution in [-0.4, -0.2) is 33.2 Å². The zero-order chi connectivity index (χ0) is 18.5. The lowest BCUT2D eigenvalue weighted by molar-refractivity contribution is -0.137. The summed E-state index contributed by atoms with van der Waals surface area (Å²) in [5, 5.41) is 31.4. The fourth-order valence-electron chi connectivity index (χ4n) is 3.65. The highest BCUT2D eigenvalue weighted by Gasteiger charge is 2.31. The van der Waals surface area contributed by atoms with Gasteiger partial charge < -0.3 is 15.4 Å². The number of carboxylic acids is 1. The first-order valence-corrected chi connectivity index (χ1v) is 9.87. The van der Waals surface area contributed by atoms with E-state index in [1.54, 1.807) is 0 Å². The molecule has 0 unspecified atom stereocenters. The van der Waals surface area contributed by atoms with Crippen LogP contribution >= 0.6 is 0 Å². The van der Waals surface area contributed by atoms with Gasteiger partial charge in [0.15, 0.2) is 0 Å². The quantitative estimate of drug-likeness (QED) is 0.193. The van der Waals surface area contributed by atoms with E-state index in [1.165, 1.54) is 0 Å². The molecule has 5 nitrogen and oxygen atoms in total. The van der Waals surface area contributed by atoms with Crippen molar-refractivity contribution in [1.29, 1.82) is 0 Å². The maximum Gasteiger partial charge on any atom is 0.303 e. The van der Waals surface area contributed by atoms with Crippen molar-refractivity contribution in [2.24, 2.45) is 17.0 Å². The lowest BCUT2D eigenvalue weighted by Crippen LogP contribution is -2.14. The van der Waals surface area contributed by atoms with Gasteiger partial charge in [-0.05, 0) is 38.0 Å². The number of oxime groups is 1. The van der Waals surface area contributed by atoms with Crippen LogP contribution in [0, 0.1) is 11.8 Å². The molecular weight excluding hydrogens is 318 g/mol. The molecule has 3 atom stereocenters. The maximum absolute atomic E-state index is 10.5. The first-order valence-electron chi connectivity index (χ1n) is 9.87. The van der Waals surface area contributed by atoms with E-state index in [9.17, 15) is 15.1 Å². The molecule has 0 heterocycles. The summed E-state index contributed by atoms with van der Waals surface area (Å²) in [6.45, 7) is 2.16. The van der Waals surface area contributed by atoms with Gasteiger partial charge in [0.2, 0.25) is 0 Å². The molecule has 1 aliphatic rings. The number of carbonyl (C=O) groups is 1. The number of aliphatic hydroxyl groups is 1. The van der Waals surface area contributed by atoms with Crippen LogP contribution < -0.4 is 0 Å². The summed E-state index contributed by atoms with van der Waals surface area (Å²) < 4.78 is 0. The second-order valence-corrected chi connectivity index (χ2v) is 7.20. The van der Waals surface area contributed by atoms with Crippen LogP contribution in [0.2, 0.25) is 0 Å². The van der Waals surface area contributed by atoms with Crippen LogP contribution in [0.25, 0.3) is 0 Å². The largest absolute Gasteiger partial charge is 0.481 e. The van der Waals surface area contributed by atoms with E-state index in [-0.39, 0.29) is 18.4 Å². The maximum atomic E-state index is 10.5. The molecule has 3 N–H and O–H groups in total. The van der Waals surface area contributed by atoms with E-state index in [0.717, 1.165) is 76.3 Å². The van der Waals surface area contributed by atoms with Gasteiger partial charge in [0.1, 0.15) is 0 Å². The van der Waals surface area contributed by atoms with E-state index in [1.807, 2.05) is 6.08 Å². The van der Waals surface area contributed by atoms with Gasteiger partial charge in [-0.2, -0.15) is 0 Å². The fourth-order valence-corrected chi connectivity index (χ4v) is 3.65. The Labute approximate surface area is 151 Å². The number of aliphatic hydroxyl groups excluding tert-OH is 1. The Hall–Kier alpha value is -1.36. The van der Waals surface area contributed by atoms with Crippen molar-refractivity contribution in [3.8, 4) is 0 Å². The van der Waals surface area contributed by atoms with E-state index in [0.29, 0.717) is 5.92 Å². The first kappa shape index (κ1) is 21.7. The van der Waals surface area contributed by atoms with Crippen molar-refractivity contribution in [3.05, 3.63) is 12.2 Å². The van der Waals surface area contributed by atoms with Crippen molar-refractivity contribution in [1.82, 2.24) is 0 Å². The Morgan fingerprint density at radius 2 is 2.00 bits per heavy atom. The average molecular weight is 354 g/mol. The highest BCUT2D eigenvalue weighted by atomic mass is 16.4. The van der Waals surface area contributed by atoms with Gasteiger partial charge in [-0.1, -0.05) is 62.8 Å². The lowest BCUT2D eigenvalue weighted by atomic mass is 9.89. The number of rotatable bonds is 13.